The number of amides is 1. The van der Waals surface area contributed by atoms with Gasteiger partial charge in [-0.25, -0.2) is 0 Å². The Kier molecular flexibility index (Phi) is 3.37. The molecular weight excluding hydrogens is 263 g/mol. The monoisotopic (exact) mass is 273 g/mol. The number of carbonyl (C=O) groups excluding carboxylic acids is 1. The van der Waals surface area contributed by atoms with E-state index in [9.17, 15) is 18.0 Å². The molecular formula is C12H10F3NO3. The van der Waals surface area contributed by atoms with Gasteiger partial charge in [0.2, 0.25) is 0 Å². The second-order valence-electron chi connectivity index (χ2n) is 3.79. The predicted octanol–water partition coefficient (Wildman–Crippen LogP) is 2.73. The van der Waals surface area contributed by atoms with Crippen LogP contribution in [0, 0.1) is 0 Å². The van der Waals surface area contributed by atoms with Gasteiger partial charge in [0.25, 0.3) is 5.91 Å². The standard InChI is InChI=1S/C12H10F3NO3/c1-18-8-4-2-3-7-5-9(19-10(7)8)11(17)16-6-12(13,14)15/h2-5H,6H2,1H3,(H,16,17). The average Bonchev–Trinajstić information content (AvgIpc) is 2.78. The maximum atomic E-state index is 12.0. The first-order chi connectivity index (χ1) is 8.90. The summed E-state index contributed by atoms with van der Waals surface area (Å²) in [6.45, 7) is -1.40. The first kappa shape index (κ1) is 13.3. The summed E-state index contributed by atoms with van der Waals surface area (Å²) >= 11 is 0. The van der Waals surface area contributed by atoms with Crippen molar-refractivity contribution in [1.82, 2.24) is 5.32 Å². The van der Waals surface area contributed by atoms with Crippen LogP contribution in [-0.2, 0) is 0 Å². The molecule has 0 spiro atoms. The molecule has 0 atom stereocenters. The molecule has 19 heavy (non-hydrogen) atoms. The Labute approximate surface area is 106 Å². The molecule has 1 aromatic heterocycles. The third kappa shape index (κ3) is 2.98. The highest BCUT2D eigenvalue weighted by molar-refractivity contribution is 5.97. The van der Waals surface area contributed by atoms with E-state index in [4.69, 9.17) is 9.15 Å². The summed E-state index contributed by atoms with van der Waals surface area (Å²) in [6.07, 6.45) is -4.46. The predicted molar refractivity (Wildman–Crippen MR) is 61.2 cm³/mol. The topological polar surface area (TPSA) is 51.5 Å². The zero-order valence-corrected chi connectivity index (χ0v) is 9.88. The Morgan fingerprint density at radius 2 is 2.16 bits per heavy atom. The zero-order chi connectivity index (χ0) is 14.0. The Bertz CT molecular complexity index is 604. The van der Waals surface area contributed by atoms with Crippen LogP contribution in [0.4, 0.5) is 13.2 Å². The summed E-state index contributed by atoms with van der Waals surface area (Å²) in [7, 11) is 1.43. The van der Waals surface area contributed by atoms with Crippen LogP contribution in [0.15, 0.2) is 28.7 Å². The van der Waals surface area contributed by atoms with Gasteiger partial charge in [-0.3, -0.25) is 4.79 Å². The molecule has 1 N–H and O–H groups in total. The molecule has 0 aliphatic rings. The van der Waals surface area contributed by atoms with E-state index >= 15 is 0 Å². The summed E-state index contributed by atoms with van der Waals surface area (Å²) in [5.41, 5.74) is 0.321. The number of hydrogen-bond donors (Lipinski definition) is 1. The van der Waals surface area contributed by atoms with E-state index in [2.05, 4.69) is 0 Å². The highest BCUT2D eigenvalue weighted by atomic mass is 19.4. The van der Waals surface area contributed by atoms with Crippen LogP contribution < -0.4 is 10.1 Å². The second kappa shape index (κ2) is 4.83. The van der Waals surface area contributed by atoms with Crippen molar-refractivity contribution in [3.05, 3.63) is 30.0 Å². The van der Waals surface area contributed by atoms with Crippen LogP contribution in [0.3, 0.4) is 0 Å². The minimum Gasteiger partial charge on any atom is -0.493 e. The molecule has 2 rings (SSSR count). The van der Waals surface area contributed by atoms with Gasteiger partial charge < -0.3 is 14.5 Å². The Balaban J connectivity index is 2.24. The van der Waals surface area contributed by atoms with Gasteiger partial charge in [-0.05, 0) is 12.1 Å². The molecule has 102 valence electrons. The first-order valence-electron chi connectivity index (χ1n) is 5.32. The number of fused-ring (bicyclic) bond motifs is 1. The van der Waals surface area contributed by atoms with E-state index < -0.39 is 18.6 Å². The van der Waals surface area contributed by atoms with E-state index in [0.717, 1.165) is 0 Å². The number of benzene rings is 1. The number of methoxy groups -OCH3 is 1. The number of furan rings is 1. The van der Waals surface area contributed by atoms with E-state index in [1.807, 2.05) is 0 Å². The van der Waals surface area contributed by atoms with Gasteiger partial charge >= 0.3 is 6.18 Å². The normalized spacial score (nSPS) is 11.6. The van der Waals surface area contributed by atoms with Crippen LogP contribution in [0.5, 0.6) is 5.75 Å². The maximum Gasteiger partial charge on any atom is 0.405 e. The number of rotatable bonds is 3. The molecule has 0 radical (unpaired) electrons. The summed E-state index contributed by atoms with van der Waals surface area (Å²) in [5, 5.41) is 2.32. The smallest absolute Gasteiger partial charge is 0.405 e. The van der Waals surface area contributed by atoms with Crippen molar-refractivity contribution >= 4 is 16.9 Å². The molecule has 0 bridgehead atoms. The Hall–Kier alpha value is -2.18. The highest BCUT2D eigenvalue weighted by Gasteiger charge is 2.28. The minimum absolute atomic E-state index is 0.191. The lowest BCUT2D eigenvalue weighted by molar-refractivity contribution is -0.123. The van der Waals surface area contributed by atoms with Crippen molar-refractivity contribution in [2.75, 3.05) is 13.7 Å². The van der Waals surface area contributed by atoms with Crippen molar-refractivity contribution in [2.45, 2.75) is 6.18 Å². The van der Waals surface area contributed by atoms with Crippen molar-refractivity contribution in [1.29, 1.82) is 0 Å². The molecule has 0 saturated heterocycles. The number of carbonyl (C=O) groups is 1. The summed E-state index contributed by atoms with van der Waals surface area (Å²) in [4.78, 5) is 11.5. The molecule has 1 amide bonds. The third-order valence-corrected chi connectivity index (χ3v) is 2.40. The van der Waals surface area contributed by atoms with Crippen LogP contribution in [0.25, 0.3) is 11.0 Å². The average molecular weight is 273 g/mol. The minimum atomic E-state index is -4.46. The fourth-order valence-electron chi connectivity index (χ4n) is 1.58. The summed E-state index contributed by atoms with van der Waals surface area (Å²) < 4.78 is 46.2. The molecule has 0 aliphatic heterocycles. The van der Waals surface area contributed by atoms with E-state index in [1.54, 1.807) is 23.5 Å². The summed E-state index contributed by atoms with van der Waals surface area (Å²) in [5.74, 6) is -0.702. The lowest BCUT2D eigenvalue weighted by Crippen LogP contribution is -2.33. The molecule has 0 aliphatic carbocycles. The van der Waals surface area contributed by atoms with Gasteiger partial charge in [0, 0.05) is 5.39 Å². The van der Waals surface area contributed by atoms with Crippen LogP contribution in [0.1, 0.15) is 10.6 Å². The molecule has 4 nitrogen and oxygen atoms in total. The zero-order valence-electron chi connectivity index (χ0n) is 9.88. The molecule has 0 fully saturated rings. The molecule has 2 aromatic rings. The molecule has 1 heterocycles. The Morgan fingerprint density at radius 1 is 1.42 bits per heavy atom. The van der Waals surface area contributed by atoms with Crippen LogP contribution in [0.2, 0.25) is 0 Å². The van der Waals surface area contributed by atoms with E-state index in [0.29, 0.717) is 16.7 Å². The lowest BCUT2D eigenvalue weighted by Gasteiger charge is -2.06. The number of ether oxygens (including phenoxy) is 1. The lowest BCUT2D eigenvalue weighted by atomic mass is 10.2. The first-order valence-corrected chi connectivity index (χ1v) is 5.32. The molecule has 0 saturated carbocycles. The van der Waals surface area contributed by atoms with Gasteiger partial charge in [0.1, 0.15) is 6.54 Å². The summed E-state index contributed by atoms with van der Waals surface area (Å²) in [6, 6.07) is 6.35. The number of nitrogens with one attached hydrogen (secondary N) is 1. The number of halogens is 3. The van der Waals surface area contributed by atoms with Crippen molar-refractivity contribution in [3.8, 4) is 5.75 Å². The Morgan fingerprint density at radius 3 is 2.79 bits per heavy atom. The van der Waals surface area contributed by atoms with Gasteiger partial charge in [-0.2, -0.15) is 13.2 Å². The fourth-order valence-corrected chi connectivity index (χ4v) is 1.58. The van der Waals surface area contributed by atoms with Crippen molar-refractivity contribution in [3.63, 3.8) is 0 Å². The van der Waals surface area contributed by atoms with Gasteiger partial charge in [-0.15, -0.1) is 0 Å². The third-order valence-electron chi connectivity index (χ3n) is 2.40. The van der Waals surface area contributed by atoms with Gasteiger partial charge in [0.15, 0.2) is 17.1 Å². The van der Waals surface area contributed by atoms with Crippen molar-refractivity contribution in [2.24, 2.45) is 0 Å². The largest absolute Gasteiger partial charge is 0.493 e. The van der Waals surface area contributed by atoms with E-state index in [1.165, 1.54) is 13.2 Å². The molecule has 1 aromatic carbocycles. The van der Waals surface area contributed by atoms with Gasteiger partial charge in [-0.1, -0.05) is 12.1 Å². The number of para-hydroxylation sites is 1. The molecule has 0 unspecified atom stereocenters. The van der Waals surface area contributed by atoms with E-state index in [-0.39, 0.29) is 5.76 Å². The van der Waals surface area contributed by atoms with Crippen LogP contribution in [-0.4, -0.2) is 25.7 Å². The second-order valence-corrected chi connectivity index (χ2v) is 3.79. The number of alkyl halides is 3. The fraction of sp³-hybridized carbons (Fsp3) is 0.250. The highest BCUT2D eigenvalue weighted by Crippen LogP contribution is 2.28. The quantitative estimate of drug-likeness (QED) is 0.935. The van der Waals surface area contributed by atoms with Crippen LogP contribution >= 0.6 is 0 Å². The molecule has 7 heteroatoms. The van der Waals surface area contributed by atoms with Gasteiger partial charge in [0.05, 0.1) is 7.11 Å². The number of hydrogen-bond acceptors (Lipinski definition) is 3. The maximum absolute atomic E-state index is 12.0. The van der Waals surface area contributed by atoms with Crippen molar-refractivity contribution < 1.29 is 27.1 Å². The SMILES string of the molecule is COc1cccc2cc(C(=O)NCC(F)(F)F)oc12.